The van der Waals surface area contributed by atoms with Crippen molar-refractivity contribution in [1.82, 2.24) is 29.6 Å². The van der Waals surface area contributed by atoms with E-state index in [2.05, 4.69) is 20.5 Å². The minimum absolute atomic E-state index is 0.0939. The van der Waals surface area contributed by atoms with E-state index in [0.717, 1.165) is 0 Å². The lowest BCUT2D eigenvalue weighted by Gasteiger charge is -2.42. The summed E-state index contributed by atoms with van der Waals surface area (Å²) >= 11 is 0. The first-order valence-corrected chi connectivity index (χ1v) is 9.91. The first-order valence-electron chi connectivity index (χ1n) is 9.91. The lowest BCUT2D eigenvalue weighted by molar-refractivity contribution is -0.270. The van der Waals surface area contributed by atoms with E-state index in [1.807, 2.05) is 46.0 Å². The molecular weight excluding hydrogens is 388 g/mol. The molecule has 30 heavy (non-hydrogen) atoms. The van der Waals surface area contributed by atoms with Crippen molar-refractivity contribution in [2.75, 3.05) is 19.8 Å². The van der Waals surface area contributed by atoms with E-state index in [1.165, 1.54) is 0 Å². The van der Waals surface area contributed by atoms with Crippen LogP contribution in [0.1, 0.15) is 49.2 Å². The zero-order valence-electron chi connectivity index (χ0n) is 17.9. The Morgan fingerprint density at radius 1 is 1.30 bits per heavy atom. The molecule has 1 aliphatic rings. The number of carbonyl (C=O) groups is 1. The van der Waals surface area contributed by atoms with Gasteiger partial charge in [-0.1, -0.05) is 0 Å². The molecule has 1 aliphatic heterocycles. The molecule has 160 valence electrons. The van der Waals surface area contributed by atoms with Crippen LogP contribution in [-0.4, -0.2) is 61.0 Å². The van der Waals surface area contributed by atoms with Gasteiger partial charge in [-0.15, -0.1) is 5.10 Å². The molecule has 0 saturated carbocycles. The van der Waals surface area contributed by atoms with Crippen molar-refractivity contribution >= 4 is 11.4 Å². The first kappa shape index (κ1) is 20.4. The van der Waals surface area contributed by atoms with Crippen molar-refractivity contribution in [3.05, 3.63) is 35.5 Å². The maximum Gasteiger partial charge on any atom is 0.182 e. The summed E-state index contributed by atoms with van der Waals surface area (Å²) in [6, 6.07) is 3.69. The molecule has 0 N–H and O–H groups in total. The van der Waals surface area contributed by atoms with Crippen molar-refractivity contribution in [1.29, 1.82) is 0 Å². The molecule has 0 aliphatic carbocycles. The summed E-state index contributed by atoms with van der Waals surface area (Å²) in [6.07, 6.45) is 1.93. The second kappa shape index (κ2) is 7.44. The molecule has 0 unspecified atom stereocenters. The number of imidazole rings is 1. The van der Waals surface area contributed by atoms with Crippen molar-refractivity contribution in [2.24, 2.45) is 7.05 Å². The van der Waals surface area contributed by atoms with Gasteiger partial charge < -0.3 is 14.2 Å². The number of carbonyl (C=O) groups excluding carboxylic acids is 1. The Kier molecular flexibility index (Phi) is 5.07. The molecule has 0 bridgehead atoms. The van der Waals surface area contributed by atoms with Crippen LogP contribution in [-0.2, 0) is 21.9 Å². The lowest BCUT2D eigenvalue weighted by Crippen LogP contribution is -2.51. The Morgan fingerprint density at radius 2 is 2.03 bits per heavy atom. The third kappa shape index (κ3) is 3.46. The minimum atomic E-state index is -0.807. The molecular formula is C20H26N6O4. The van der Waals surface area contributed by atoms with Gasteiger partial charge in [0, 0.05) is 19.7 Å². The van der Waals surface area contributed by atoms with Gasteiger partial charge in [-0.25, -0.2) is 9.67 Å². The van der Waals surface area contributed by atoms with Crippen LogP contribution in [0.2, 0.25) is 0 Å². The van der Waals surface area contributed by atoms with E-state index in [9.17, 15) is 4.79 Å². The lowest BCUT2D eigenvalue weighted by atomic mass is 9.81. The molecule has 1 fully saturated rings. The number of hydrogen-bond donors (Lipinski definition) is 0. The highest BCUT2D eigenvalue weighted by Crippen LogP contribution is 2.36. The minimum Gasteiger partial charge on any atom is -0.490 e. The van der Waals surface area contributed by atoms with Crippen LogP contribution >= 0.6 is 0 Å². The summed E-state index contributed by atoms with van der Waals surface area (Å²) in [6.45, 7) is 8.47. The van der Waals surface area contributed by atoms with Crippen LogP contribution in [0.3, 0.4) is 0 Å². The smallest absolute Gasteiger partial charge is 0.182 e. The third-order valence-electron chi connectivity index (χ3n) is 5.34. The van der Waals surface area contributed by atoms with Gasteiger partial charge in [0.05, 0.1) is 30.9 Å². The van der Waals surface area contributed by atoms with E-state index in [0.29, 0.717) is 35.2 Å². The highest BCUT2D eigenvalue weighted by Gasteiger charge is 2.47. The number of tetrazole rings is 1. The van der Waals surface area contributed by atoms with E-state index in [4.69, 9.17) is 14.2 Å². The summed E-state index contributed by atoms with van der Waals surface area (Å²) in [5.41, 5.74) is 0.952. The van der Waals surface area contributed by atoms with Gasteiger partial charge in [-0.3, -0.25) is 9.20 Å². The van der Waals surface area contributed by atoms with Crippen molar-refractivity contribution in [2.45, 2.75) is 45.3 Å². The van der Waals surface area contributed by atoms with Crippen LogP contribution in [0.4, 0.5) is 0 Å². The Balaban J connectivity index is 1.73. The topological polar surface area (TPSA) is 106 Å². The number of Topliss-reactive ketones (excluding diaryl/α,β-unsaturated/α-hetero) is 1. The molecule has 1 saturated heterocycles. The molecule has 4 rings (SSSR count). The van der Waals surface area contributed by atoms with Gasteiger partial charge in [-0.05, 0) is 50.3 Å². The monoisotopic (exact) mass is 414 g/mol. The van der Waals surface area contributed by atoms with Gasteiger partial charge >= 0.3 is 0 Å². The summed E-state index contributed by atoms with van der Waals surface area (Å²) in [5, 5.41) is 11.9. The highest BCUT2D eigenvalue weighted by molar-refractivity contribution is 5.97. The number of rotatable bonds is 6. The number of nitrogens with zero attached hydrogens (tertiary/aromatic N) is 6. The van der Waals surface area contributed by atoms with E-state index in [-0.39, 0.29) is 25.4 Å². The van der Waals surface area contributed by atoms with Crippen LogP contribution in [0.15, 0.2) is 18.3 Å². The summed E-state index contributed by atoms with van der Waals surface area (Å²) in [7, 11) is 1.75. The fourth-order valence-corrected chi connectivity index (χ4v) is 3.85. The molecule has 0 radical (unpaired) electrons. The van der Waals surface area contributed by atoms with Gasteiger partial charge in [0.25, 0.3) is 0 Å². The molecule has 0 amide bonds. The SMILES string of the molecule is CCOc1cccn2c(C(=O)CC3(c4nnnn4C)COC(C)(C)OC3)c(C)nc12. The average Bonchev–Trinajstić information content (AvgIpc) is 3.27. The zero-order valence-corrected chi connectivity index (χ0v) is 17.9. The van der Waals surface area contributed by atoms with Crippen molar-refractivity contribution < 1.29 is 19.0 Å². The summed E-state index contributed by atoms with van der Waals surface area (Å²) < 4.78 is 20.9. The largest absolute Gasteiger partial charge is 0.490 e. The fraction of sp³-hybridized carbons (Fsp3) is 0.550. The van der Waals surface area contributed by atoms with Crippen LogP contribution in [0.5, 0.6) is 5.75 Å². The molecule has 0 spiro atoms. The predicted octanol–water partition coefficient (Wildman–Crippen LogP) is 1.86. The quantitative estimate of drug-likeness (QED) is 0.563. The van der Waals surface area contributed by atoms with E-state index >= 15 is 0 Å². The van der Waals surface area contributed by atoms with Crippen LogP contribution in [0, 0.1) is 6.92 Å². The van der Waals surface area contributed by atoms with Crippen LogP contribution in [0.25, 0.3) is 5.65 Å². The molecule has 3 aromatic rings. The summed E-state index contributed by atoms with van der Waals surface area (Å²) in [5.74, 6) is 0.362. The summed E-state index contributed by atoms with van der Waals surface area (Å²) in [4.78, 5) is 18.1. The predicted molar refractivity (Wildman–Crippen MR) is 107 cm³/mol. The highest BCUT2D eigenvalue weighted by atomic mass is 16.7. The number of ether oxygens (including phenoxy) is 3. The average molecular weight is 414 g/mol. The molecule has 4 heterocycles. The zero-order chi connectivity index (χ0) is 21.5. The molecule has 0 aromatic carbocycles. The second-order valence-electron chi connectivity index (χ2n) is 8.03. The second-order valence-corrected chi connectivity index (χ2v) is 8.03. The number of aryl methyl sites for hydroxylation is 2. The van der Waals surface area contributed by atoms with Gasteiger partial charge in [0.2, 0.25) is 0 Å². The maximum atomic E-state index is 13.6. The molecule has 3 aromatic heterocycles. The Labute approximate surface area is 174 Å². The number of pyridine rings is 1. The maximum absolute atomic E-state index is 13.6. The number of ketones is 1. The van der Waals surface area contributed by atoms with E-state index < -0.39 is 11.2 Å². The van der Waals surface area contributed by atoms with Gasteiger partial charge in [0.15, 0.2) is 28.8 Å². The van der Waals surface area contributed by atoms with Crippen LogP contribution < -0.4 is 4.74 Å². The van der Waals surface area contributed by atoms with Gasteiger partial charge in [-0.2, -0.15) is 0 Å². The van der Waals surface area contributed by atoms with Crippen molar-refractivity contribution in [3.8, 4) is 5.75 Å². The van der Waals surface area contributed by atoms with Gasteiger partial charge in [0.1, 0.15) is 5.69 Å². The molecule has 10 nitrogen and oxygen atoms in total. The fourth-order valence-electron chi connectivity index (χ4n) is 3.85. The Morgan fingerprint density at radius 3 is 2.67 bits per heavy atom. The first-order chi connectivity index (χ1) is 14.3. The number of fused-ring (bicyclic) bond motifs is 1. The molecule has 10 heteroatoms. The van der Waals surface area contributed by atoms with E-state index in [1.54, 1.807) is 16.1 Å². The standard InChI is InChI=1S/C20H26N6O4/c1-6-28-15-8-7-9-26-16(13(2)21-17(15)26)14(27)10-20(18-22-23-24-25(18)5)11-29-19(3,4)30-12-20/h7-9H,6,10-12H2,1-5H3. The number of aromatic nitrogens is 6. The Hall–Kier alpha value is -2.85. The Bertz CT molecular complexity index is 1080. The number of hydrogen-bond acceptors (Lipinski definition) is 8. The van der Waals surface area contributed by atoms with Crippen molar-refractivity contribution in [3.63, 3.8) is 0 Å². The normalized spacial score (nSPS) is 17.9. The third-order valence-corrected chi connectivity index (χ3v) is 5.34. The molecule has 0 atom stereocenters.